The predicted molar refractivity (Wildman–Crippen MR) is 60.3 cm³/mol. The zero-order valence-electron chi connectivity index (χ0n) is 10.0. The Hall–Kier alpha value is -0.570. The number of ether oxygens (including phenoxy) is 1. The summed E-state index contributed by atoms with van der Waals surface area (Å²) in [6.07, 6.45) is 3.21. The van der Waals surface area contributed by atoms with Gasteiger partial charge in [-0.05, 0) is 25.7 Å². The molecule has 1 heterocycles. The number of rotatable bonds is 2. The summed E-state index contributed by atoms with van der Waals surface area (Å²) in [5.41, 5.74) is 0. The van der Waals surface area contributed by atoms with Gasteiger partial charge in [-0.1, -0.05) is 20.8 Å². The van der Waals surface area contributed by atoms with Crippen LogP contribution in [-0.4, -0.2) is 26.2 Å². The van der Waals surface area contributed by atoms with Crippen molar-refractivity contribution >= 4 is 6.41 Å². The maximum absolute atomic E-state index is 9.29. The summed E-state index contributed by atoms with van der Waals surface area (Å²) in [6, 6.07) is 0. The Bertz CT molecular complexity index is 101. The van der Waals surface area contributed by atoms with Crippen LogP contribution in [0.1, 0.15) is 40.5 Å². The number of nitrogens with one attached hydrogen (secondary N) is 1. The Morgan fingerprint density at radius 1 is 1.36 bits per heavy atom. The van der Waals surface area contributed by atoms with E-state index in [0.29, 0.717) is 6.41 Å². The van der Waals surface area contributed by atoms with E-state index in [9.17, 15) is 4.79 Å². The van der Waals surface area contributed by atoms with E-state index < -0.39 is 0 Å². The highest BCUT2D eigenvalue weighted by molar-refractivity contribution is 5.45. The molecule has 1 rings (SSSR count). The van der Waals surface area contributed by atoms with Crippen LogP contribution in [0.25, 0.3) is 0 Å². The van der Waals surface area contributed by atoms with Crippen LogP contribution in [0, 0.1) is 5.92 Å². The van der Waals surface area contributed by atoms with Gasteiger partial charge in [-0.15, -0.1) is 0 Å². The Kier molecular flexibility index (Phi) is 16.9. The van der Waals surface area contributed by atoms with Gasteiger partial charge in [-0.3, -0.25) is 4.79 Å². The molecule has 86 valence electrons. The summed E-state index contributed by atoms with van der Waals surface area (Å²) in [5.74, 6) is 0.911. The predicted octanol–water partition coefficient (Wildman–Crippen LogP) is 2.21. The van der Waals surface area contributed by atoms with Crippen LogP contribution in [0.3, 0.4) is 0 Å². The molecule has 3 nitrogen and oxygen atoms in total. The highest BCUT2D eigenvalue weighted by atomic mass is 16.5. The number of carbonyl (C=O) groups excluding carboxylic acids is 1. The van der Waals surface area contributed by atoms with Crippen molar-refractivity contribution in [2.24, 2.45) is 5.92 Å². The molecular weight excluding hydrogens is 178 g/mol. The molecule has 1 aliphatic heterocycles. The Balaban J connectivity index is 0. The first-order valence-corrected chi connectivity index (χ1v) is 5.56. The molecular formula is C11H25NO2. The molecule has 0 spiro atoms. The van der Waals surface area contributed by atoms with Crippen LogP contribution in [0.2, 0.25) is 0 Å². The largest absolute Gasteiger partial charge is 0.381 e. The quantitative estimate of drug-likeness (QED) is 0.699. The molecule has 1 aliphatic rings. The standard InChI is InChI=1S/C6H12O.C3H7NO.C2H6/c1-6-2-4-7-5-3-6;1-2-4-3-5;1-2/h6H,2-5H2,1H3;3H,2H2,1H3,(H,4,5);1-2H3. The second-order valence-corrected chi connectivity index (χ2v) is 2.97. The van der Waals surface area contributed by atoms with Gasteiger partial charge < -0.3 is 10.1 Å². The van der Waals surface area contributed by atoms with Crippen molar-refractivity contribution in [2.45, 2.75) is 40.5 Å². The molecule has 0 radical (unpaired) electrons. The van der Waals surface area contributed by atoms with E-state index in [1.165, 1.54) is 12.8 Å². The normalized spacial score (nSPS) is 15.4. The van der Waals surface area contributed by atoms with Crippen molar-refractivity contribution in [1.29, 1.82) is 0 Å². The molecule has 0 atom stereocenters. The van der Waals surface area contributed by atoms with Gasteiger partial charge >= 0.3 is 0 Å². The monoisotopic (exact) mass is 203 g/mol. The van der Waals surface area contributed by atoms with Crippen LogP contribution >= 0.6 is 0 Å². The highest BCUT2D eigenvalue weighted by Crippen LogP contribution is 2.11. The van der Waals surface area contributed by atoms with Crippen molar-refractivity contribution < 1.29 is 9.53 Å². The average molecular weight is 203 g/mol. The van der Waals surface area contributed by atoms with Gasteiger partial charge in [-0.2, -0.15) is 0 Å². The minimum Gasteiger partial charge on any atom is -0.381 e. The third-order valence-corrected chi connectivity index (χ3v) is 1.80. The van der Waals surface area contributed by atoms with Crippen LogP contribution < -0.4 is 5.32 Å². The van der Waals surface area contributed by atoms with E-state index in [0.717, 1.165) is 25.7 Å². The molecule has 1 saturated heterocycles. The smallest absolute Gasteiger partial charge is 0.207 e. The maximum Gasteiger partial charge on any atom is 0.207 e. The molecule has 1 N–H and O–H groups in total. The molecule has 0 aromatic heterocycles. The van der Waals surface area contributed by atoms with Crippen LogP contribution in [-0.2, 0) is 9.53 Å². The minimum absolute atomic E-state index is 0.681. The van der Waals surface area contributed by atoms with E-state index in [4.69, 9.17) is 4.74 Å². The summed E-state index contributed by atoms with van der Waals surface area (Å²) < 4.78 is 5.14. The number of hydrogen-bond acceptors (Lipinski definition) is 2. The molecule has 0 aromatic rings. The number of amides is 1. The molecule has 0 saturated carbocycles. The third-order valence-electron chi connectivity index (χ3n) is 1.80. The first-order valence-electron chi connectivity index (χ1n) is 5.56. The van der Waals surface area contributed by atoms with E-state index in [-0.39, 0.29) is 0 Å². The Morgan fingerprint density at radius 3 is 2.00 bits per heavy atom. The van der Waals surface area contributed by atoms with Crippen LogP contribution in [0.15, 0.2) is 0 Å². The summed E-state index contributed by atoms with van der Waals surface area (Å²) in [7, 11) is 0. The number of carbonyl (C=O) groups is 1. The van der Waals surface area contributed by atoms with Gasteiger partial charge in [0.15, 0.2) is 0 Å². The van der Waals surface area contributed by atoms with Gasteiger partial charge in [0.2, 0.25) is 6.41 Å². The number of hydrogen-bond donors (Lipinski definition) is 1. The van der Waals surface area contributed by atoms with Gasteiger partial charge in [0.25, 0.3) is 0 Å². The second kappa shape index (κ2) is 14.9. The topological polar surface area (TPSA) is 38.3 Å². The SMILES string of the molecule is CC.CC1CCOCC1.CCNC=O. The summed E-state index contributed by atoms with van der Waals surface area (Å²) in [4.78, 5) is 9.29. The van der Waals surface area contributed by atoms with Gasteiger partial charge in [0.1, 0.15) is 0 Å². The van der Waals surface area contributed by atoms with Gasteiger partial charge in [-0.25, -0.2) is 0 Å². The van der Waals surface area contributed by atoms with Gasteiger partial charge in [0.05, 0.1) is 0 Å². The van der Waals surface area contributed by atoms with Crippen molar-refractivity contribution in [2.75, 3.05) is 19.8 Å². The fourth-order valence-electron chi connectivity index (χ4n) is 0.899. The zero-order chi connectivity index (χ0) is 11.2. The van der Waals surface area contributed by atoms with E-state index in [1.54, 1.807) is 0 Å². The van der Waals surface area contributed by atoms with Crippen molar-refractivity contribution in [3.05, 3.63) is 0 Å². The first-order chi connectivity index (χ1) is 6.81. The van der Waals surface area contributed by atoms with E-state index in [2.05, 4.69) is 12.2 Å². The van der Waals surface area contributed by atoms with Crippen molar-refractivity contribution in [3.63, 3.8) is 0 Å². The van der Waals surface area contributed by atoms with Crippen LogP contribution in [0.5, 0.6) is 0 Å². The Morgan fingerprint density at radius 2 is 1.86 bits per heavy atom. The summed E-state index contributed by atoms with van der Waals surface area (Å²) >= 11 is 0. The molecule has 1 amide bonds. The highest BCUT2D eigenvalue weighted by Gasteiger charge is 2.06. The molecule has 14 heavy (non-hydrogen) atoms. The molecule has 3 heteroatoms. The Labute approximate surface area is 88.2 Å². The van der Waals surface area contributed by atoms with E-state index in [1.807, 2.05) is 20.8 Å². The summed E-state index contributed by atoms with van der Waals surface area (Å²) in [5, 5.41) is 2.43. The zero-order valence-corrected chi connectivity index (χ0v) is 10.0. The molecule has 0 aromatic carbocycles. The molecule has 0 aliphatic carbocycles. The van der Waals surface area contributed by atoms with Crippen LogP contribution in [0.4, 0.5) is 0 Å². The molecule has 0 unspecified atom stereocenters. The maximum atomic E-state index is 9.29. The summed E-state index contributed by atoms with van der Waals surface area (Å²) in [6.45, 7) is 10.8. The average Bonchev–Trinajstić information content (AvgIpc) is 2.24. The van der Waals surface area contributed by atoms with Crippen molar-refractivity contribution in [1.82, 2.24) is 5.32 Å². The fraction of sp³-hybridized carbons (Fsp3) is 0.909. The lowest BCUT2D eigenvalue weighted by molar-refractivity contribution is -0.109. The second-order valence-electron chi connectivity index (χ2n) is 2.97. The lowest BCUT2D eigenvalue weighted by Crippen LogP contribution is -2.12. The lowest BCUT2D eigenvalue weighted by Gasteiger charge is -2.16. The molecule has 0 bridgehead atoms. The van der Waals surface area contributed by atoms with E-state index >= 15 is 0 Å². The fourth-order valence-corrected chi connectivity index (χ4v) is 0.899. The van der Waals surface area contributed by atoms with Crippen molar-refractivity contribution in [3.8, 4) is 0 Å². The minimum atomic E-state index is 0.681. The third kappa shape index (κ3) is 14.0. The first kappa shape index (κ1) is 15.9. The molecule has 1 fully saturated rings. The lowest BCUT2D eigenvalue weighted by atomic mass is 10.0. The van der Waals surface area contributed by atoms with Gasteiger partial charge in [0, 0.05) is 19.8 Å².